The molecule has 9 N–H and O–H groups in total. The second kappa shape index (κ2) is 19.4. The summed E-state index contributed by atoms with van der Waals surface area (Å²) in [7, 11) is 0. The SMILES string of the molecule is CC(C)OC(=O)[C@H](CCC(=O)C=[N+]=N)NC(=O)OCc1ccc(NC(=O)[C@H](CCCNC(N)=O)NC(=O)[C@@H](N)C(C)C)cc1. The second-order valence-electron chi connectivity index (χ2n) is 10.5. The number of urea groups is 1. The average Bonchev–Trinajstić information content (AvgIpc) is 2.95. The van der Waals surface area contributed by atoms with E-state index >= 15 is 0 Å². The molecule has 3 atom stereocenters. The number of benzene rings is 1. The van der Waals surface area contributed by atoms with Crippen LogP contribution in [-0.2, 0) is 35.3 Å². The van der Waals surface area contributed by atoms with Crippen LogP contribution in [0.4, 0.5) is 15.3 Å². The zero-order chi connectivity index (χ0) is 33.2. The van der Waals surface area contributed by atoms with Gasteiger partial charge in [-0.3, -0.25) is 14.4 Å². The van der Waals surface area contributed by atoms with E-state index in [4.69, 9.17) is 26.5 Å². The van der Waals surface area contributed by atoms with E-state index in [-0.39, 0.29) is 38.3 Å². The molecule has 1 rings (SSSR count). The zero-order valence-corrected chi connectivity index (χ0v) is 25.4. The van der Waals surface area contributed by atoms with Crippen molar-refractivity contribution >= 4 is 47.6 Å². The number of anilines is 1. The van der Waals surface area contributed by atoms with Crippen molar-refractivity contribution in [1.29, 1.82) is 5.53 Å². The molecule has 0 saturated carbocycles. The molecule has 0 saturated heterocycles. The lowest BCUT2D eigenvalue weighted by Gasteiger charge is -2.22. The summed E-state index contributed by atoms with van der Waals surface area (Å²) in [4.78, 5) is 75.7. The van der Waals surface area contributed by atoms with Gasteiger partial charge in [0.2, 0.25) is 17.6 Å². The van der Waals surface area contributed by atoms with Crippen LogP contribution in [-0.4, -0.2) is 77.5 Å². The van der Waals surface area contributed by atoms with Gasteiger partial charge in [-0.1, -0.05) is 26.0 Å². The molecule has 0 unspecified atom stereocenters. The van der Waals surface area contributed by atoms with Crippen molar-refractivity contribution in [3.63, 3.8) is 0 Å². The predicted molar refractivity (Wildman–Crippen MR) is 158 cm³/mol. The first-order chi connectivity index (χ1) is 20.7. The van der Waals surface area contributed by atoms with E-state index in [0.29, 0.717) is 17.7 Å². The molecule has 0 aromatic heterocycles. The quantitative estimate of drug-likeness (QED) is 0.0401. The predicted octanol–water partition coefficient (Wildman–Crippen LogP) is 0.747. The summed E-state index contributed by atoms with van der Waals surface area (Å²) in [5.41, 5.74) is 18.7. The highest BCUT2D eigenvalue weighted by Crippen LogP contribution is 2.13. The third-order valence-electron chi connectivity index (χ3n) is 6.03. The highest BCUT2D eigenvalue weighted by molar-refractivity contribution is 6.25. The van der Waals surface area contributed by atoms with Crippen molar-refractivity contribution in [3.8, 4) is 0 Å². The van der Waals surface area contributed by atoms with Crippen molar-refractivity contribution in [2.75, 3.05) is 11.9 Å². The number of nitrogens with zero attached hydrogens (tertiary/aromatic N) is 1. The molecular formula is C28H43N8O8+. The van der Waals surface area contributed by atoms with Gasteiger partial charge in [-0.15, -0.1) is 0 Å². The minimum atomic E-state index is -1.15. The number of amides is 5. The molecule has 0 aliphatic heterocycles. The van der Waals surface area contributed by atoms with Crippen molar-refractivity contribution in [2.24, 2.45) is 17.4 Å². The molecule has 0 aliphatic carbocycles. The maximum Gasteiger partial charge on any atom is 0.408 e. The number of nitrogens with two attached hydrogens (primary N) is 2. The van der Waals surface area contributed by atoms with Crippen LogP contribution >= 0.6 is 0 Å². The third kappa shape index (κ3) is 14.9. The highest BCUT2D eigenvalue weighted by atomic mass is 16.6. The molecule has 242 valence electrons. The van der Waals surface area contributed by atoms with E-state index in [1.807, 2.05) is 0 Å². The van der Waals surface area contributed by atoms with Gasteiger partial charge in [-0.2, -0.15) is 0 Å². The topological polar surface area (TPSA) is 259 Å². The summed E-state index contributed by atoms with van der Waals surface area (Å²) in [5.74, 6) is -2.36. The fourth-order valence-electron chi connectivity index (χ4n) is 3.59. The summed E-state index contributed by atoms with van der Waals surface area (Å²) in [6.07, 6.45) is -0.213. The summed E-state index contributed by atoms with van der Waals surface area (Å²) in [6.45, 7) is 6.89. The van der Waals surface area contributed by atoms with Crippen LogP contribution < -0.4 is 32.7 Å². The van der Waals surface area contributed by atoms with Crippen molar-refractivity contribution < 1.29 is 43.0 Å². The van der Waals surface area contributed by atoms with Gasteiger partial charge in [0.05, 0.1) is 22.5 Å². The van der Waals surface area contributed by atoms with Gasteiger partial charge in [0.15, 0.2) is 0 Å². The van der Waals surface area contributed by atoms with Crippen LogP contribution in [0.15, 0.2) is 24.3 Å². The lowest BCUT2D eigenvalue weighted by Crippen LogP contribution is -2.51. The molecule has 16 nitrogen and oxygen atoms in total. The zero-order valence-electron chi connectivity index (χ0n) is 25.4. The fraction of sp³-hybridized carbons (Fsp3) is 0.536. The molecule has 16 heteroatoms. The first-order valence-corrected chi connectivity index (χ1v) is 14.1. The number of Topliss-reactive ketones (excluding diaryl/α,β-unsaturated/α-hetero) is 1. The number of ketones is 1. The summed E-state index contributed by atoms with van der Waals surface area (Å²) >= 11 is 0. The molecule has 0 heterocycles. The maximum absolute atomic E-state index is 13.0. The van der Waals surface area contributed by atoms with E-state index in [0.717, 1.165) is 6.21 Å². The van der Waals surface area contributed by atoms with Crippen LogP contribution in [0.3, 0.4) is 0 Å². The molecule has 0 spiro atoms. The molecule has 0 radical (unpaired) electrons. The lowest BCUT2D eigenvalue weighted by molar-refractivity contribution is -0.150. The standard InChI is InChI=1S/C28H42N8O8/c1-16(2)23(29)25(39)35-21(6-5-13-32-27(30)41)24(38)34-19-9-7-18(8-10-19)15-43-28(42)36-22(26(40)44-17(3)4)12-11-20(37)14-33-31/h7-10,14,16-17,21-23,31H,5-6,11-13,15,29H2,1-4H3,(H5-,30,32,34,35,36,38,39,41,42)/p+1/t21-,22-,23-/m0/s1. The number of hydrogen-bond acceptors (Lipinski definition) is 10. The van der Waals surface area contributed by atoms with E-state index in [2.05, 4.69) is 26.1 Å². The van der Waals surface area contributed by atoms with Gasteiger partial charge in [-0.05, 0) is 56.7 Å². The molecular weight excluding hydrogens is 576 g/mol. The van der Waals surface area contributed by atoms with Gasteiger partial charge >= 0.3 is 24.3 Å². The van der Waals surface area contributed by atoms with Crippen LogP contribution in [0.5, 0.6) is 0 Å². The maximum atomic E-state index is 13.0. The number of ether oxygens (including phenoxy) is 2. The third-order valence-corrected chi connectivity index (χ3v) is 6.03. The summed E-state index contributed by atoms with van der Waals surface area (Å²) in [6, 6.07) is 2.76. The smallest absolute Gasteiger partial charge is 0.408 e. The minimum Gasteiger partial charge on any atom is -0.461 e. The van der Waals surface area contributed by atoms with Crippen LogP contribution in [0.2, 0.25) is 0 Å². The Labute approximate surface area is 255 Å². The molecule has 1 aromatic carbocycles. The molecule has 1 aromatic rings. The Balaban J connectivity index is 2.79. The van der Waals surface area contributed by atoms with Crippen molar-refractivity contribution in [3.05, 3.63) is 29.8 Å². The number of primary amides is 1. The Morgan fingerprint density at radius 3 is 2.18 bits per heavy atom. The molecule has 0 aliphatic rings. The van der Waals surface area contributed by atoms with Gasteiger partial charge < -0.3 is 42.2 Å². The minimum absolute atomic E-state index is 0.0770. The van der Waals surface area contributed by atoms with E-state index in [1.54, 1.807) is 52.0 Å². The Bertz CT molecular complexity index is 1200. The van der Waals surface area contributed by atoms with Crippen LogP contribution in [0, 0.1) is 11.4 Å². The monoisotopic (exact) mass is 619 g/mol. The van der Waals surface area contributed by atoms with Gasteiger partial charge in [0, 0.05) is 18.7 Å². The van der Waals surface area contributed by atoms with E-state index in [1.165, 1.54) is 0 Å². The van der Waals surface area contributed by atoms with Gasteiger partial charge in [0.1, 0.15) is 18.7 Å². The van der Waals surface area contributed by atoms with Gasteiger partial charge in [-0.25, -0.2) is 14.4 Å². The van der Waals surface area contributed by atoms with Gasteiger partial charge in [0.25, 0.3) is 0 Å². The van der Waals surface area contributed by atoms with Crippen molar-refractivity contribution in [2.45, 2.75) is 84.2 Å². The number of esters is 1. The number of alkyl carbamates (subject to hydrolysis) is 1. The highest BCUT2D eigenvalue weighted by Gasteiger charge is 2.26. The van der Waals surface area contributed by atoms with Crippen LogP contribution in [0.25, 0.3) is 0 Å². The lowest BCUT2D eigenvalue weighted by atomic mass is 10.0. The van der Waals surface area contributed by atoms with Crippen LogP contribution in [0.1, 0.15) is 58.9 Å². The number of carbonyl (C=O) groups is 6. The largest absolute Gasteiger partial charge is 0.461 e. The van der Waals surface area contributed by atoms with E-state index < -0.39 is 59.9 Å². The molecule has 0 fully saturated rings. The number of nitrogens with one attached hydrogen (secondary N) is 5. The Morgan fingerprint density at radius 2 is 1.61 bits per heavy atom. The molecule has 44 heavy (non-hydrogen) atoms. The fourth-order valence-corrected chi connectivity index (χ4v) is 3.59. The Morgan fingerprint density at radius 1 is 0.955 bits per heavy atom. The average molecular weight is 620 g/mol. The molecule has 0 bridgehead atoms. The number of rotatable bonds is 18. The number of carbonyl (C=O) groups excluding carboxylic acids is 6. The Kier molecular flexibility index (Phi) is 16.4. The van der Waals surface area contributed by atoms with E-state index in [9.17, 15) is 28.8 Å². The second-order valence-corrected chi connectivity index (χ2v) is 10.5. The van der Waals surface area contributed by atoms with Crippen molar-refractivity contribution in [1.82, 2.24) is 16.0 Å². The molecule has 5 amide bonds. The number of hydrogen-bond donors (Lipinski definition) is 7. The first-order valence-electron chi connectivity index (χ1n) is 14.1. The summed E-state index contributed by atoms with van der Waals surface area (Å²) < 4.78 is 10.3. The normalized spacial score (nSPS) is 12.6. The summed E-state index contributed by atoms with van der Waals surface area (Å²) in [5, 5.41) is 10.2. The Hall–Kier alpha value is -4.82. The first kappa shape index (κ1) is 37.2.